The maximum atomic E-state index is 11.6. The molecule has 1 rings (SSSR count). The molecule has 19 heavy (non-hydrogen) atoms. The number of halogens is 1. The minimum Gasteiger partial charge on any atom is -0.496 e. The van der Waals surface area contributed by atoms with E-state index in [0.29, 0.717) is 12.2 Å². The Morgan fingerprint density at radius 2 is 2.00 bits per heavy atom. The molecular weight excluding hydrogens is 260 g/mol. The molecule has 106 valence electrons. The van der Waals surface area contributed by atoms with Gasteiger partial charge in [-0.1, -0.05) is 25.4 Å². The molecule has 0 spiro atoms. The predicted molar refractivity (Wildman–Crippen MR) is 80.3 cm³/mol. The van der Waals surface area contributed by atoms with Crippen LogP contribution in [0.2, 0.25) is 5.02 Å². The lowest BCUT2D eigenvalue weighted by Gasteiger charge is -2.15. The summed E-state index contributed by atoms with van der Waals surface area (Å²) in [6.07, 6.45) is 2.28. The second-order valence-corrected chi connectivity index (χ2v) is 5.67. The zero-order valence-electron chi connectivity index (χ0n) is 12.5. The smallest absolute Gasteiger partial charge is 0.135 e. The maximum absolute atomic E-state index is 11.6. The molecule has 1 aromatic carbocycles. The second-order valence-electron chi connectivity index (χ2n) is 5.29. The van der Waals surface area contributed by atoms with Crippen LogP contribution in [-0.4, -0.2) is 12.9 Å². The molecule has 0 amide bonds. The van der Waals surface area contributed by atoms with Crippen LogP contribution in [-0.2, 0) is 11.2 Å². The molecule has 0 fully saturated rings. The van der Waals surface area contributed by atoms with Gasteiger partial charge < -0.3 is 4.74 Å². The van der Waals surface area contributed by atoms with Crippen LogP contribution in [0.5, 0.6) is 5.75 Å². The molecule has 1 aromatic rings. The predicted octanol–water partition coefficient (Wildman–Crippen LogP) is 4.51. The molecule has 0 N–H and O–H groups in total. The Morgan fingerprint density at radius 3 is 2.53 bits per heavy atom. The van der Waals surface area contributed by atoms with E-state index in [0.717, 1.165) is 40.3 Å². The number of benzene rings is 1. The van der Waals surface area contributed by atoms with Crippen LogP contribution in [0.3, 0.4) is 0 Å². The first-order valence-electron chi connectivity index (χ1n) is 6.73. The SMILES string of the molecule is COc1cc(C)c(Cl)c(C)c1CCCC(=O)C(C)C. The average molecular weight is 283 g/mol. The number of Topliss-reactive ketones (excluding diaryl/α,β-unsaturated/α-hetero) is 1. The molecule has 0 aliphatic heterocycles. The molecule has 0 bridgehead atoms. The van der Waals surface area contributed by atoms with Crippen molar-refractivity contribution in [3.8, 4) is 5.75 Å². The summed E-state index contributed by atoms with van der Waals surface area (Å²) in [6, 6.07) is 1.97. The number of methoxy groups -OCH3 is 1. The monoisotopic (exact) mass is 282 g/mol. The third-order valence-corrected chi connectivity index (χ3v) is 4.07. The van der Waals surface area contributed by atoms with Gasteiger partial charge in [-0.3, -0.25) is 4.79 Å². The van der Waals surface area contributed by atoms with Crippen LogP contribution < -0.4 is 4.74 Å². The number of hydrogen-bond donors (Lipinski definition) is 0. The largest absolute Gasteiger partial charge is 0.496 e. The van der Waals surface area contributed by atoms with Crippen LogP contribution in [0.4, 0.5) is 0 Å². The van der Waals surface area contributed by atoms with E-state index < -0.39 is 0 Å². The average Bonchev–Trinajstić information content (AvgIpc) is 2.37. The minimum atomic E-state index is 0.115. The molecule has 0 saturated carbocycles. The van der Waals surface area contributed by atoms with E-state index in [1.807, 2.05) is 33.8 Å². The topological polar surface area (TPSA) is 26.3 Å². The highest BCUT2D eigenvalue weighted by Gasteiger charge is 2.13. The highest BCUT2D eigenvalue weighted by atomic mass is 35.5. The lowest BCUT2D eigenvalue weighted by atomic mass is 9.96. The highest BCUT2D eigenvalue weighted by molar-refractivity contribution is 6.32. The zero-order chi connectivity index (χ0) is 14.6. The summed E-state index contributed by atoms with van der Waals surface area (Å²) in [6.45, 7) is 7.87. The molecule has 0 aliphatic carbocycles. The van der Waals surface area contributed by atoms with Gasteiger partial charge >= 0.3 is 0 Å². The summed E-state index contributed by atoms with van der Waals surface area (Å²) in [5, 5.41) is 0.797. The van der Waals surface area contributed by atoms with Crippen LogP contribution in [0, 0.1) is 19.8 Å². The van der Waals surface area contributed by atoms with Crippen molar-refractivity contribution >= 4 is 17.4 Å². The highest BCUT2D eigenvalue weighted by Crippen LogP contribution is 2.32. The summed E-state index contributed by atoms with van der Waals surface area (Å²) in [5.41, 5.74) is 3.21. The Balaban J connectivity index is 2.83. The van der Waals surface area contributed by atoms with Crippen molar-refractivity contribution in [3.63, 3.8) is 0 Å². The van der Waals surface area contributed by atoms with Gasteiger partial charge in [0.25, 0.3) is 0 Å². The summed E-state index contributed by atoms with van der Waals surface area (Å²) >= 11 is 6.28. The van der Waals surface area contributed by atoms with E-state index >= 15 is 0 Å². The van der Waals surface area contributed by atoms with E-state index in [4.69, 9.17) is 16.3 Å². The molecule has 0 aliphatic rings. The van der Waals surface area contributed by atoms with Crippen molar-refractivity contribution in [2.45, 2.75) is 47.0 Å². The second kappa shape index (κ2) is 6.95. The van der Waals surface area contributed by atoms with Gasteiger partial charge in [0, 0.05) is 17.4 Å². The molecular formula is C16H23ClO2. The number of aryl methyl sites for hydroxylation is 1. The van der Waals surface area contributed by atoms with E-state index in [9.17, 15) is 4.79 Å². The number of carbonyl (C=O) groups excluding carboxylic acids is 1. The number of ether oxygens (including phenoxy) is 1. The lowest BCUT2D eigenvalue weighted by Crippen LogP contribution is -2.07. The number of rotatable bonds is 6. The van der Waals surface area contributed by atoms with Crippen molar-refractivity contribution in [3.05, 3.63) is 27.8 Å². The third kappa shape index (κ3) is 3.97. The molecule has 0 heterocycles. The van der Waals surface area contributed by atoms with Gasteiger partial charge in [0.1, 0.15) is 11.5 Å². The molecule has 0 radical (unpaired) electrons. The minimum absolute atomic E-state index is 0.115. The first-order chi connectivity index (χ1) is 8.88. The standard InChI is InChI=1S/C16H23ClO2/c1-10(2)14(18)8-6-7-13-12(4)16(17)11(3)9-15(13)19-5/h9-10H,6-8H2,1-5H3. The van der Waals surface area contributed by atoms with Gasteiger partial charge in [0.15, 0.2) is 0 Å². The Kier molecular flexibility index (Phi) is 5.86. The molecule has 0 saturated heterocycles. The molecule has 2 nitrogen and oxygen atoms in total. The molecule has 0 aromatic heterocycles. The van der Waals surface area contributed by atoms with Gasteiger partial charge in [-0.05, 0) is 49.4 Å². The van der Waals surface area contributed by atoms with Crippen molar-refractivity contribution < 1.29 is 9.53 Å². The van der Waals surface area contributed by atoms with Crippen molar-refractivity contribution in [1.82, 2.24) is 0 Å². The first-order valence-corrected chi connectivity index (χ1v) is 7.11. The Hall–Kier alpha value is -1.02. The number of ketones is 1. The van der Waals surface area contributed by atoms with Crippen LogP contribution in [0.15, 0.2) is 6.07 Å². The summed E-state index contributed by atoms with van der Waals surface area (Å²) in [7, 11) is 1.67. The zero-order valence-corrected chi connectivity index (χ0v) is 13.2. The Morgan fingerprint density at radius 1 is 1.37 bits per heavy atom. The van der Waals surface area contributed by atoms with Gasteiger partial charge in [0.2, 0.25) is 0 Å². The van der Waals surface area contributed by atoms with E-state index in [2.05, 4.69) is 0 Å². The molecule has 0 atom stereocenters. The van der Waals surface area contributed by atoms with Crippen molar-refractivity contribution in [1.29, 1.82) is 0 Å². The summed E-state index contributed by atoms with van der Waals surface area (Å²) in [5.74, 6) is 1.30. The molecule has 0 unspecified atom stereocenters. The summed E-state index contributed by atoms with van der Waals surface area (Å²) in [4.78, 5) is 11.6. The fraction of sp³-hybridized carbons (Fsp3) is 0.562. The fourth-order valence-electron chi connectivity index (χ4n) is 2.18. The first kappa shape index (κ1) is 16.0. The van der Waals surface area contributed by atoms with Crippen LogP contribution in [0.25, 0.3) is 0 Å². The van der Waals surface area contributed by atoms with Gasteiger partial charge in [-0.15, -0.1) is 0 Å². The maximum Gasteiger partial charge on any atom is 0.135 e. The van der Waals surface area contributed by atoms with Gasteiger partial charge in [-0.25, -0.2) is 0 Å². The van der Waals surface area contributed by atoms with E-state index in [1.165, 1.54) is 0 Å². The summed E-state index contributed by atoms with van der Waals surface area (Å²) < 4.78 is 5.42. The van der Waals surface area contributed by atoms with E-state index in [1.54, 1.807) is 7.11 Å². The molecule has 3 heteroatoms. The fourth-order valence-corrected chi connectivity index (χ4v) is 2.35. The number of hydrogen-bond acceptors (Lipinski definition) is 2. The van der Waals surface area contributed by atoms with Crippen LogP contribution >= 0.6 is 11.6 Å². The Labute approximate surface area is 121 Å². The van der Waals surface area contributed by atoms with Gasteiger partial charge in [0.05, 0.1) is 7.11 Å². The normalized spacial score (nSPS) is 10.9. The lowest BCUT2D eigenvalue weighted by molar-refractivity contribution is -0.121. The van der Waals surface area contributed by atoms with E-state index in [-0.39, 0.29) is 5.92 Å². The number of carbonyl (C=O) groups is 1. The van der Waals surface area contributed by atoms with Crippen LogP contribution in [0.1, 0.15) is 43.4 Å². The van der Waals surface area contributed by atoms with Crippen molar-refractivity contribution in [2.24, 2.45) is 5.92 Å². The quantitative estimate of drug-likeness (QED) is 0.767. The third-order valence-electron chi connectivity index (χ3n) is 3.49. The van der Waals surface area contributed by atoms with Gasteiger partial charge in [-0.2, -0.15) is 0 Å². The Bertz CT molecular complexity index is 464. The van der Waals surface area contributed by atoms with Crippen molar-refractivity contribution in [2.75, 3.05) is 7.11 Å².